The van der Waals surface area contributed by atoms with Crippen LogP contribution in [0.4, 0.5) is 0 Å². The van der Waals surface area contributed by atoms with Gasteiger partial charge in [0.1, 0.15) is 6.61 Å². The van der Waals surface area contributed by atoms with E-state index in [1.807, 2.05) is 0 Å². The van der Waals surface area contributed by atoms with Crippen molar-refractivity contribution in [2.45, 2.75) is 19.4 Å². The standard InChI is InChI=1S/C18H19NOS/c20-13-3-6-17-7-8-18(21-17)14-19-11-9-15-4-1-2-5-16(15)10-12-19/h1-2,4-5,7-8,20H,9-14H2. The van der Waals surface area contributed by atoms with Crippen LogP contribution < -0.4 is 0 Å². The Morgan fingerprint density at radius 1 is 1.05 bits per heavy atom. The molecule has 1 N–H and O–H groups in total. The highest BCUT2D eigenvalue weighted by atomic mass is 32.1. The van der Waals surface area contributed by atoms with E-state index in [4.69, 9.17) is 5.11 Å². The Hall–Kier alpha value is -1.60. The predicted molar refractivity (Wildman–Crippen MR) is 87.4 cm³/mol. The van der Waals surface area contributed by atoms with E-state index in [2.05, 4.69) is 53.1 Å². The van der Waals surface area contributed by atoms with Crippen LogP contribution in [0.5, 0.6) is 0 Å². The van der Waals surface area contributed by atoms with Gasteiger partial charge in [-0.3, -0.25) is 4.90 Å². The Morgan fingerprint density at radius 2 is 1.76 bits per heavy atom. The van der Waals surface area contributed by atoms with Crippen molar-refractivity contribution in [3.05, 3.63) is 57.3 Å². The summed E-state index contributed by atoms with van der Waals surface area (Å²) in [7, 11) is 0. The van der Waals surface area contributed by atoms with Crippen molar-refractivity contribution in [3.63, 3.8) is 0 Å². The monoisotopic (exact) mass is 297 g/mol. The molecular weight excluding hydrogens is 278 g/mol. The van der Waals surface area contributed by atoms with E-state index in [9.17, 15) is 0 Å². The molecule has 2 aromatic rings. The average Bonchev–Trinajstić information content (AvgIpc) is 2.86. The second-order valence-corrected chi connectivity index (χ2v) is 6.44. The van der Waals surface area contributed by atoms with Gasteiger partial charge in [-0.15, -0.1) is 11.3 Å². The van der Waals surface area contributed by atoms with E-state index in [1.54, 1.807) is 11.3 Å². The fourth-order valence-corrected chi connectivity index (χ4v) is 3.67. The zero-order valence-corrected chi connectivity index (χ0v) is 12.8. The number of fused-ring (bicyclic) bond motifs is 1. The van der Waals surface area contributed by atoms with Gasteiger partial charge in [-0.1, -0.05) is 36.1 Å². The molecule has 0 saturated carbocycles. The van der Waals surface area contributed by atoms with Crippen LogP contribution in [0.2, 0.25) is 0 Å². The SMILES string of the molecule is OCC#Cc1ccc(CN2CCc3ccccc3CC2)s1. The van der Waals surface area contributed by atoms with Gasteiger partial charge >= 0.3 is 0 Å². The third-order valence-electron chi connectivity index (χ3n) is 3.84. The van der Waals surface area contributed by atoms with Gasteiger partial charge in [0.05, 0.1) is 4.88 Å². The number of rotatable bonds is 2. The second-order valence-electron chi connectivity index (χ2n) is 5.27. The molecule has 0 atom stereocenters. The number of hydrogen-bond donors (Lipinski definition) is 1. The summed E-state index contributed by atoms with van der Waals surface area (Å²) >= 11 is 1.73. The highest BCUT2D eigenvalue weighted by Crippen LogP contribution is 2.20. The van der Waals surface area contributed by atoms with Crippen molar-refractivity contribution in [3.8, 4) is 11.8 Å². The van der Waals surface area contributed by atoms with E-state index in [-0.39, 0.29) is 6.61 Å². The summed E-state index contributed by atoms with van der Waals surface area (Å²) in [5.41, 5.74) is 3.00. The molecule has 1 aromatic carbocycles. The number of nitrogens with zero attached hydrogens (tertiary/aromatic N) is 1. The highest BCUT2D eigenvalue weighted by molar-refractivity contribution is 7.12. The first-order valence-electron chi connectivity index (χ1n) is 7.33. The van der Waals surface area contributed by atoms with Crippen LogP contribution >= 0.6 is 11.3 Å². The Morgan fingerprint density at radius 3 is 2.43 bits per heavy atom. The molecule has 0 saturated heterocycles. The first-order valence-corrected chi connectivity index (χ1v) is 8.14. The van der Waals surface area contributed by atoms with E-state index in [0.29, 0.717) is 0 Å². The van der Waals surface area contributed by atoms with Gasteiger partial charge < -0.3 is 5.11 Å². The maximum Gasteiger partial charge on any atom is 0.104 e. The molecule has 21 heavy (non-hydrogen) atoms. The molecule has 3 heteroatoms. The van der Waals surface area contributed by atoms with Gasteiger partial charge in [0.25, 0.3) is 0 Å². The topological polar surface area (TPSA) is 23.5 Å². The third kappa shape index (κ3) is 3.74. The van der Waals surface area contributed by atoms with Crippen LogP contribution in [0, 0.1) is 11.8 Å². The molecule has 0 aliphatic carbocycles. The van der Waals surface area contributed by atoms with Crippen molar-refractivity contribution >= 4 is 11.3 Å². The first kappa shape index (κ1) is 14.3. The summed E-state index contributed by atoms with van der Waals surface area (Å²) < 4.78 is 0. The molecule has 0 bridgehead atoms. The molecule has 1 aliphatic heterocycles. The largest absolute Gasteiger partial charge is 0.384 e. The maximum atomic E-state index is 8.74. The van der Waals surface area contributed by atoms with Gasteiger partial charge in [-0.2, -0.15) is 0 Å². The minimum absolute atomic E-state index is 0.0718. The van der Waals surface area contributed by atoms with Crippen LogP contribution in [0.1, 0.15) is 20.9 Å². The lowest BCUT2D eigenvalue weighted by Gasteiger charge is -2.18. The highest BCUT2D eigenvalue weighted by Gasteiger charge is 2.14. The molecule has 0 unspecified atom stereocenters. The molecular formula is C18H19NOS. The average molecular weight is 297 g/mol. The number of aliphatic hydroxyl groups excluding tert-OH is 1. The van der Waals surface area contributed by atoms with Crippen molar-refractivity contribution < 1.29 is 5.11 Å². The number of thiophene rings is 1. The number of hydrogen-bond acceptors (Lipinski definition) is 3. The fourth-order valence-electron chi connectivity index (χ4n) is 2.75. The molecule has 3 rings (SSSR count). The Bertz CT molecular complexity index is 638. The molecule has 0 spiro atoms. The first-order chi connectivity index (χ1) is 10.3. The zero-order valence-electron chi connectivity index (χ0n) is 12.0. The summed E-state index contributed by atoms with van der Waals surface area (Å²) in [6.07, 6.45) is 2.28. The lowest BCUT2D eigenvalue weighted by Crippen LogP contribution is -2.25. The maximum absolute atomic E-state index is 8.74. The van der Waals surface area contributed by atoms with Crippen molar-refractivity contribution in [2.75, 3.05) is 19.7 Å². The van der Waals surface area contributed by atoms with Crippen LogP contribution in [0.15, 0.2) is 36.4 Å². The van der Waals surface area contributed by atoms with Crippen molar-refractivity contribution in [2.24, 2.45) is 0 Å². The van der Waals surface area contributed by atoms with Crippen LogP contribution in [0.3, 0.4) is 0 Å². The molecule has 2 heterocycles. The van der Waals surface area contributed by atoms with Gasteiger partial charge in [0, 0.05) is 24.5 Å². The van der Waals surface area contributed by atoms with Crippen LogP contribution in [0.25, 0.3) is 0 Å². The number of benzene rings is 1. The van der Waals surface area contributed by atoms with Gasteiger partial charge in [-0.05, 0) is 36.1 Å². The minimum atomic E-state index is -0.0718. The lowest BCUT2D eigenvalue weighted by molar-refractivity contribution is 0.282. The molecule has 0 fully saturated rings. The van der Waals surface area contributed by atoms with Crippen molar-refractivity contribution in [1.29, 1.82) is 0 Å². The van der Waals surface area contributed by atoms with Crippen molar-refractivity contribution in [1.82, 2.24) is 4.90 Å². The summed E-state index contributed by atoms with van der Waals surface area (Å²) in [5, 5.41) is 8.74. The molecule has 1 aromatic heterocycles. The lowest BCUT2D eigenvalue weighted by atomic mass is 10.0. The quantitative estimate of drug-likeness (QED) is 0.862. The summed E-state index contributed by atoms with van der Waals surface area (Å²) in [6.45, 7) is 3.16. The van der Waals surface area contributed by atoms with E-state index < -0.39 is 0 Å². The van der Waals surface area contributed by atoms with E-state index >= 15 is 0 Å². The summed E-state index contributed by atoms with van der Waals surface area (Å²) in [6, 6.07) is 13.0. The normalized spacial score (nSPS) is 14.9. The second kappa shape index (κ2) is 6.91. The van der Waals surface area contributed by atoms with E-state index in [0.717, 1.165) is 37.4 Å². The number of aliphatic hydroxyl groups is 1. The minimum Gasteiger partial charge on any atom is -0.384 e. The molecule has 108 valence electrons. The Balaban J connectivity index is 1.63. The smallest absolute Gasteiger partial charge is 0.104 e. The molecule has 2 nitrogen and oxygen atoms in total. The zero-order chi connectivity index (χ0) is 14.5. The van der Waals surface area contributed by atoms with Crippen LogP contribution in [-0.2, 0) is 19.4 Å². The molecule has 0 radical (unpaired) electrons. The van der Waals surface area contributed by atoms with Crippen LogP contribution in [-0.4, -0.2) is 29.7 Å². The summed E-state index contributed by atoms with van der Waals surface area (Å²) in [5.74, 6) is 5.68. The fraction of sp³-hybridized carbons (Fsp3) is 0.333. The predicted octanol–water partition coefficient (Wildman–Crippen LogP) is 2.69. The molecule has 1 aliphatic rings. The van der Waals surface area contributed by atoms with E-state index in [1.165, 1.54) is 16.0 Å². The third-order valence-corrected chi connectivity index (χ3v) is 4.83. The molecule has 0 amide bonds. The van der Waals surface area contributed by atoms with Gasteiger partial charge in [0.15, 0.2) is 0 Å². The Kier molecular flexibility index (Phi) is 4.72. The summed E-state index contributed by atoms with van der Waals surface area (Å²) in [4.78, 5) is 4.91. The van der Waals surface area contributed by atoms with Gasteiger partial charge in [0.2, 0.25) is 0 Å². The van der Waals surface area contributed by atoms with Gasteiger partial charge in [-0.25, -0.2) is 0 Å². The Labute approximate surface area is 130 Å².